The first kappa shape index (κ1) is 18.1. The van der Waals surface area contributed by atoms with Gasteiger partial charge in [-0.3, -0.25) is 4.79 Å². The largest absolute Gasteiger partial charge is 0.486 e. The summed E-state index contributed by atoms with van der Waals surface area (Å²) in [4.78, 5) is 16.8. The summed E-state index contributed by atoms with van der Waals surface area (Å²) in [5, 5.41) is 6.68. The molecule has 2 aromatic carbocycles. The van der Waals surface area contributed by atoms with E-state index in [1.807, 2.05) is 36.4 Å². The summed E-state index contributed by atoms with van der Waals surface area (Å²) in [5.74, 6) is 1.76. The number of fused-ring (bicyclic) bond motifs is 1. The van der Waals surface area contributed by atoms with E-state index in [-0.39, 0.29) is 5.91 Å². The maximum Gasteiger partial charge on any atom is 0.251 e. The fraction of sp³-hybridized carbons (Fsp3) is 0.143. The van der Waals surface area contributed by atoms with E-state index in [2.05, 4.69) is 15.6 Å². The van der Waals surface area contributed by atoms with Gasteiger partial charge in [0.2, 0.25) is 0 Å². The summed E-state index contributed by atoms with van der Waals surface area (Å²) in [6, 6.07) is 16.3. The van der Waals surface area contributed by atoms with Crippen LogP contribution in [0.5, 0.6) is 11.5 Å². The van der Waals surface area contributed by atoms with Crippen LogP contribution in [0.2, 0.25) is 5.02 Å². The molecule has 2 heterocycles. The van der Waals surface area contributed by atoms with Crippen LogP contribution in [0.25, 0.3) is 0 Å². The van der Waals surface area contributed by atoms with Crippen molar-refractivity contribution in [3.8, 4) is 11.5 Å². The summed E-state index contributed by atoms with van der Waals surface area (Å²) in [6.45, 7) is 1.42. The number of rotatable bonds is 5. The van der Waals surface area contributed by atoms with Gasteiger partial charge in [0.25, 0.3) is 5.91 Å². The van der Waals surface area contributed by atoms with E-state index in [4.69, 9.17) is 21.1 Å². The predicted molar refractivity (Wildman–Crippen MR) is 108 cm³/mol. The van der Waals surface area contributed by atoms with E-state index in [1.165, 1.54) is 0 Å². The Morgan fingerprint density at radius 3 is 2.71 bits per heavy atom. The molecule has 6 nitrogen and oxygen atoms in total. The topological polar surface area (TPSA) is 72.5 Å². The SMILES string of the molecule is O=C(NCc1ccccc1Cl)c1ccnc(Nc2ccc3c(c2)OCCO3)c1. The van der Waals surface area contributed by atoms with Crippen molar-refractivity contribution in [3.05, 3.63) is 76.9 Å². The number of nitrogens with one attached hydrogen (secondary N) is 2. The number of aromatic nitrogens is 1. The quantitative estimate of drug-likeness (QED) is 0.678. The highest BCUT2D eigenvalue weighted by molar-refractivity contribution is 6.31. The molecule has 1 amide bonds. The number of pyridine rings is 1. The van der Waals surface area contributed by atoms with Crippen molar-refractivity contribution in [1.29, 1.82) is 0 Å². The second-order valence-electron chi connectivity index (χ2n) is 6.19. The molecule has 2 N–H and O–H groups in total. The number of nitrogens with zero attached hydrogens (tertiary/aromatic N) is 1. The van der Waals surface area contributed by atoms with Gasteiger partial charge in [0.05, 0.1) is 0 Å². The Labute approximate surface area is 167 Å². The molecule has 0 aliphatic carbocycles. The summed E-state index contributed by atoms with van der Waals surface area (Å²) in [5.41, 5.74) is 2.16. The third-order valence-electron chi connectivity index (χ3n) is 4.23. The lowest BCUT2D eigenvalue weighted by atomic mass is 10.2. The molecule has 1 aromatic heterocycles. The summed E-state index contributed by atoms with van der Waals surface area (Å²) in [6.07, 6.45) is 1.59. The van der Waals surface area contributed by atoms with Crippen molar-refractivity contribution in [1.82, 2.24) is 10.3 Å². The molecule has 0 bridgehead atoms. The number of carbonyl (C=O) groups excluding carboxylic acids is 1. The van der Waals surface area contributed by atoms with Crippen LogP contribution >= 0.6 is 11.6 Å². The van der Waals surface area contributed by atoms with Crippen LogP contribution < -0.4 is 20.1 Å². The van der Waals surface area contributed by atoms with Crippen LogP contribution in [-0.2, 0) is 6.54 Å². The normalized spacial score (nSPS) is 12.3. The number of halogens is 1. The first-order chi connectivity index (χ1) is 13.7. The molecular formula is C21H18ClN3O3. The average Bonchev–Trinajstić information content (AvgIpc) is 2.73. The van der Waals surface area contributed by atoms with Crippen molar-refractivity contribution in [2.24, 2.45) is 0 Å². The third kappa shape index (κ3) is 4.18. The van der Waals surface area contributed by atoms with Gasteiger partial charge in [-0.15, -0.1) is 0 Å². The van der Waals surface area contributed by atoms with Crippen LogP contribution in [0.15, 0.2) is 60.8 Å². The zero-order valence-corrected chi connectivity index (χ0v) is 15.7. The third-order valence-corrected chi connectivity index (χ3v) is 4.60. The molecule has 1 aliphatic heterocycles. The number of hydrogen-bond donors (Lipinski definition) is 2. The minimum absolute atomic E-state index is 0.201. The summed E-state index contributed by atoms with van der Waals surface area (Å²) in [7, 11) is 0. The Hall–Kier alpha value is -3.25. The fourth-order valence-electron chi connectivity index (χ4n) is 2.83. The van der Waals surface area contributed by atoms with E-state index in [0.29, 0.717) is 41.9 Å². The van der Waals surface area contributed by atoms with Gasteiger partial charge >= 0.3 is 0 Å². The number of amides is 1. The number of hydrogen-bond acceptors (Lipinski definition) is 5. The summed E-state index contributed by atoms with van der Waals surface area (Å²) < 4.78 is 11.1. The van der Waals surface area contributed by atoms with Crippen molar-refractivity contribution in [2.45, 2.75) is 6.54 Å². The lowest BCUT2D eigenvalue weighted by Crippen LogP contribution is -2.23. The maximum atomic E-state index is 12.5. The highest BCUT2D eigenvalue weighted by Gasteiger charge is 2.13. The molecule has 3 aromatic rings. The van der Waals surface area contributed by atoms with Crippen LogP contribution in [-0.4, -0.2) is 24.1 Å². The van der Waals surface area contributed by atoms with Gasteiger partial charge in [0, 0.05) is 35.1 Å². The first-order valence-electron chi connectivity index (χ1n) is 8.83. The van der Waals surface area contributed by atoms with Gasteiger partial charge in [0.15, 0.2) is 11.5 Å². The standard InChI is InChI=1S/C21H18ClN3O3/c22-17-4-2-1-3-15(17)13-24-21(26)14-7-8-23-20(11-14)25-16-5-6-18-19(12-16)28-10-9-27-18/h1-8,11-12H,9-10,13H2,(H,23,25)(H,24,26). The van der Waals surface area contributed by atoms with Crippen molar-refractivity contribution < 1.29 is 14.3 Å². The minimum Gasteiger partial charge on any atom is -0.486 e. The van der Waals surface area contributed by atoms with Crippen molar-refractivity contribution >= 4 is 29.0 Å². The predicted octanol–water partition coefficient (Wildman–Crippen LogP) is 4.18. The Bertz CT molecular complexity index is 1010. The monoisotopic (exact) mass is 395 g/mol. The molecule has 0 spiro atoms. The smallest absolute Gasteiger partial charge is 0.251 e. The van der Waals surface area contributed by atoms with E-state index in [1.54, 1.807) is 24.4 Å². The van der Waals surface area contributed by atoms with Crippen molar-refractivity contribution in [2.75, 3.05) is 18.5 Å². The van der Waals surface area contributed by atoms with Gasteiger partial charge in [-0.25, -0.2) is 4.98 Å². The lowest BCUT2D eigenvalue weighted by molar-refractivity contribution is 0.0951. The van der Waals surface area contributed by atoms with Gasteiger partial charge in [-0.1, -0.05) is 29.8 Å². The van der Waals surface area contributed by atoms with E-state index in [0.717, 1.165) is 17.0 Å². The zero-order valence-electron chi connectivity index (χ0n) is 14.9. The lowest BCUT2D eigenvalue weighted by Gasteiger charge is -2.19. The molecule has 0 saturated carbocycles. The van der Waals surface area contributed by atoms with Gasteiger partial charge in [-0.2, -0.15) is 0 Å². The number of anilines is 2. The first-order valence-corrected chi connectivity index (χ1v) is 9.21. The van der Waals surface area contributed by atoms with Crippen LogP contribution in [0.1, 0.15) is 15.9 Å². The number of ether oxygens (including phenoxy) is 2. The fourth-order valence-corrected chi connectivity index (χ4v) is 3.03. The molecule has 7 heteroatoms. The maximum absolute atomic E-state index is 12.5. The van der Waals surface area contributed by atoms with Crippen LogP contribution in [0.3, 0.4) is 0 Å². The Kier molecular flexibility index (Phi) is 5.30. The molecule has 0 saturated heterocycles. The van der Waals surface area contributed by atoms with Crippen molar-refractivity contribution in [3.63, 3.8) is 0 Å². The molecule has 1 aliphatic rings. The Morgan fingerprint density at radius 1 is 1.04 bits per heavy atom. The van der Waals surface area contributed by atoms with E-state index >= 15 is 0 Å². The molecule has 0 fully saturated rings. The Morgan fingerprint density at radius 2 is 1.86 bits per heavy atom. The number of carbonyl (C=O) groups is 1. The van der Waals surface area contributed by atoms with Crippen LogP contribution in [0.4, 0.5) is 11.5 Å². The highest BCUT2D eigenvalue weighted by atomic mass is 35.5. The molecule has 28 heavy (non-hydrogen) atoms. The molecule has 4 rings (SSSR count). The minimum atomic E-state index is -0.201. The van der Waals surface area contributed by atoms with Gasteiger partial charge in [-0.05, 0) is 35.9 Å². The summed E-state index contributed by atoms with van der Waals surface area (Å²) >= 11 is 6.13. The van der Waals surface area contributed by atoms with E-state index < -0.39 is 0 Å². The van der Waals surface area contributed by atoms with E-state index in [9.17, 15) is 4.79 Å². The van der Waals surface area contributed by atoms with Gasteiger partial charge in [0.1, 0.15) is 19.0 Å². The molecule has 0 radical (unpaired) electrons. The Balaban J connectivity index is 1.44. The zero-order chi connectivity index (χ0) is 19.3. The highest BCUT2D eigenvalue weighted by Crippen LogP contribution is 2.33. The molecular weight excluding hydrogens is 378 g/mol. The average molecular weight is 396 g/mol. The molecule has 0 unspecified atom stereocenters. The number of benzene rings is 2. The second-order valence-corrected chi connectivity index (χ2v) is 6.59. The van der Waals surface area contributed by atoms with Crippen LogP contribution in [0, 0.1) is 0 Å². The molecule has 0 atom stereocenters. The second kappa shape index (κ2) is 8.19. The van der Waals surface area contributed by atoms with Gasteiger partial charge < -0.3 is 20.1 Å². The molecule has 142 valence electrons.